The quantitative estimate of drug-likeness (QED) is 0.248. The van der Waals surface area contributed by atoms with Crippen LogP contribution in [0.4, 0.5) is 26.3 Å². The largest absolute Gasteiger partial charge is 0.490 e. The molecule has 3 heterocycles. The highest BCUT2D eigenvalue weighted by Crippen LogP contribution is 2.19. The third kappa shape index (κ3) is 11.5. The molecule has 17 heteroatoms. The number of carboxylic acid groups (broad SMARTS) is 2. The van der Waals surface area contributed by atoms with Crippen molar-refractivity contribution in [3.05, 3.63) is 68.9 Å². The Morgan fingerprint density at radius 3 is 2.23 bits per heavy atom. The SMILES string of the molecule is CCCc1cc(CN(C)Cc2cccc(-c3nc4c(c(=O)[nH]3)CNCC4)c2)[nH]n1.O=C(O)C(F)(F)F.O=C(O)C(F)(F)F. The summed E-state index contributed by atoms with van der Waals surface area (Å²) < 4.78 is 63.5. The van der Waals surface area contributed by atoms with Crippen LogP contribution in [0.1, 0.15) is 41.6 Å². The van der Waals surface area contributed by atoms with E-state index in [1.165, 1.54) is 5.56 Å². The van der Waals surface area contributed by atoms with E-state index in [2.05, 4.69) is 57.6 Å². The standard InChI is InChI=1S/C22H28N6O.2C2HF3O2/c1-3-5-17-11-18(27-26-17)14-28(2)13-15-6-4-7-16(10-15)21-24-20-8-9-23-12-19(20)22(29)25-21;2*3-2(4,5)1(6)7/h4,6-7,10-11,23H,3,5,8-9,12-14H2,1-2H3,(H,26,27)(H,24,25,29);2*(H,6,7). The molecule has 0 saturated heterocycles. The number of aliphatic carboxylic acids is 2. The van der Waals surface area contributed by atoms with E-state index in [9.17, 15) is 31.1 Å². The fourth-order valence-corrected chi connectivity index (χ4v) is 3.84. The molecule has 1 aromatic carbocycles. The summed E-state index contributed by atoms with van der Waals surface area (Å²) in [7, 11) is 2.10. The van der Waals surface area contributed by atoms with Crippen molar-refractivity contribution in [3.8, 4) is 11.4 Å². The molecule has 1 aliphatic rings. The van der Waals surface area contributed by atoms with E-state index < -0.39 is 24.3 Å². The lowest BCUT2D eigenvalue weighted by molar-refractivity contribution is -0.193. The van der Waals surface area contributed by atoms with Crippen molar-refractivity contribution in [2.75, 3.05) is 13.6 Å². The Balaban J connectivity index is 0.000000384. The van der Waals surface area contributed by atoms with E-state index in [0.717, 1.165) is 67.1 Å². The number of rotatable bonds is 7. The number of aromatic amines is 2. The summed E-state index contributed by atoms with van der Waals surface area (Å²) in [6.07, 6.45) is -7.27. The molecule has 236 valence electrons. The second kappa shape index (κ2) is 15.3. The smallest absolute Gasteiger partial charge is 0.475 e. The van der Waals surface area contributed by atoms with Gasteiger partial charge in [-0.25, -0.2) is 14.6 Å². The second-order valence-corrected chi connectivity index (χ2v) is 9.38. The Bertz CT molecular complexity index is 1410. The van der Waals surface area contributed by atoms with Crippen molar-refractivity contribution in [2.24, 2.45) is 0 Å². The van der Waals surface area contributed by atoms with Crippen LogP contribution in [0.25, 0.3) is 11.4 Å². The minimum atomic E-state index is -5.08. The molecule has 0 fully saturated rings. The summed E-state index contributed by atoms with van der Waals surface area (Å²) >= 11 is 0. The molecule has 0 radical (unpaired) electrons. The monoisotopic (exact) mass is 620 g/mol. The fourth-order valence-electron chi connectivity index (χ4n) is 3.84. The maximum atomic E-state index is 12.4. The predicted molar refractivity (Wildman–Crippen MR) is 141 cm³/mol. The molecule has 0 atom stereocenters. The fraction of sp³-hybridized carbons (Fsp3) is 0.423. The summed E-state index contributed by atoms with van der Waals surface area (Å²) in [5.74, 6) is -4.86. The van der Waals surface area contributed by atoms with Crippen LogP contribution in [0, 0.1) is 0 Å². The molecule has 0 saturated carbocycles. The number of hydrogen-bond acceptors (Lipinski definition) is 7. The number of nitrogens with zero attached hydrogens (tertiary/aromatic N) is 3. The van der Waals surface area contributed by atoms with Gasteiger partial charge in [0.1, 0.15) is 5.82 Å². The first-order valence-electron chi connectivity index (χ1n) is 12.7. The molecule has 11 nitrogen and oxygen atoms in total. The summed E-state index contributed by atoms with van der Waals surface area (Å²) in [4.78, 5) is 40.1. The number of nitrogens with one attached hydrogen (secondary N) is 3. The summed E-state index contributed by atoms with van der Waals surface area (Å²) in [5.41, 5.74) is 6.00. The predicted octanol–water partition coefficient (Wildman–Crippen LogP) is 3.66. The maximum absolute atomic E-state index is 12.4. The molecule has 43 heavy (non-hydrogen) atoms. The average molecular weight is 621 g/mol. The van der Waals surface area contributed by atoms with Gasteiger partial charge in [0, 0.05) is 43.9 Å². The Morgan fingerprint density at radius 1 is 1.02 bits per heavy atom. The van der Waals surface area contributed by atoms with Gasteiger partial charge in [0.15, 0.2) is 0 Å². The van der Waals surface area contributed by atoms with Gasteiger partial charge >= 0.3 is 24.3 Å². The molecule has 0 spiro atoms. The minimum absolute atomic E-state index is 0.0400. The van der Waals surface area contributed by atoms with E-state index >= 15 is 0 Å². The van der Waals surface area contributed by atoms with Gasteiger partial charge in [0.05, 0.1) is 17.0 Å². The van der Waals surface area contributed by atoms with E-state index in [1.807, 2.05) is 12.1 Å². The Hall–Kier alpha value is -4.25. The molecule has 5 N–H and O–H groups in total. The number of aryl methyl sites for hydroxylation is 1. The van der Waals surface area contributed by atoms with Crippen LogP contribution >= 0.6 is 0 Å². The molecule has 2 aromatic heterocycles. The van der Waals surface area contributed by atoms with Gasteiger partial charge in [0.2, 0.25) is 0 Å². The number of fused-ring (bicyclic) bond motifs is 1. The van der Waals surface area contributed by atoms with Crippen molar-refractivity contribution in [1.29, 1.82) is 0 Å². The molecule has 4 rings (SSSR count). The zero-order valence-electron chi connectivity index (χ0n) is 23.1. The maximum Gasteiger partial charge on any atom is 0.490 e. The van der Waals surface area contributed by atoms with Gasteiger partial charge in [-0.15, -0.1) is 0 Å². The van der Waals surface area contributed by atoms with E-state index in [1.54, 1.807) is 0 Å². The van der Waals surface area contributed by atoms with E-state index in [-0.39, 0.29) is 5.56 Å². The number of hydrogen-bond donors (Lipinski definition) is 5. The average Bonchev–Trinajstić information content (AvgIpc) is 3.35. The first kappa shape index (κ1) is 34.9. The number of carboxylic acids is 2. The van der Waals surface area contributed by atoms with E-state index in [4.69, 9.17) is 24.8 Å². The highest BCUT2D eigenvalue weighted by molar-refractivity contribution is 5.73. The van der Waals surface area contributed by atoms with Gasteiger partial charge in [-0.1, -0.05) is 31.5 Å². The molecule has 0 amide bonds. The van der Waals surface area contributed by atoms with Crippen molar-refractivity contribution < 1.29 is 46.1 Å². The van der Waals surface area contributed by atoms with Crippen LogP contribution in [0.2, 0.25) is 0 Å². The molecular formula is C26H30F6N6O5. The third-order valence-electron chi connectivity index (χ3n) is 5.71. The molecule has 1 aliphatic heterocycles. The topological polar surface area (TPSA) is 164 Å². The van der Waals surface area contributed by atoms with Crippen molar-refractivity contribution in [1.82, 2.24) is 30.4 Å². The Labute approximate surface area is 241 Å². The van der Waals surface area contributed by atoms with Crippen LogP contribution in [0.5, 0.6) is 0 Å². The Morgan fingerprint density at radius 2 is 1.65 bits per heavy atom. The molecule has 0 aliphatic carbocycles. The lowest BCUT2D eigenvalue weighted by Crippen LogP contribution is -2.31. The lowest BCUT2D eigenvalue weighted by atomic mass is 10.1. The van der Waals surface area contributed by atoms with Crippen LogP contribution < -0.4 is 10.9 Å². The van der Waals surface area contributed by atoms with Gasteiger partial charge in [-0.05, 0) is 31.2 Å². The van der Waals surface area contributed by atoms with E-state index in [0.29, 0.717) is 12.4 Å². The molecular weight excluding hydrogens is 590 g/mol. The first-order valence-corrected chi connectivity index (χ1v) is 12.7. The lowest BCUT2D eigenvalue weighted by Gasteiger charge is -2.17. The number of alkyl halides is 6. The van der Waals surface area contributed by atoms with Gasteiger partial charge in [-0.2, -0.15) is 31.4 Å². The number of halogens is 6. The van der Waals surface area contributed by atoms with Crippen LogP contribution in [0.3, 0.4) is 0 Å². The molecule has 0 unspecified atom stereocenters. The van der Waals surface area contributed by atoms with Crippen LogP contribution in [0.15, 0.2) is 35.1 Å². The zero-order valence-corrected chi connectivity index (χ0v) is 23.1. The number of aromatic nitrogens is 4. The van der Waals surface area contributed by atoms with Crippen molar-refractivity contribution in [3.63, 3.8) is 0 Å². The first-order chi connectivity index (χ1) is 20.0. The van der Waals surface area contributed by atoms with Crippen LogP contribution in [-0.4, -0.2) is 73.2 Å². The van der Waals surface area contributed by atoms with Gasteiger partial charge in [-0.3, -0.25) is 14.8 Å². The van der Waals surface area contributed by atoms with Gasteiger partial charge in [0.25, 0.3) is 5.56 Å². The third-order valence-corrected chi connectivity index (χ3v) is 5.71. The highest BCUT2D eigenvalue weighted by Gasteiger charge is 2.38. The summed E-state index contributed by atoms with van der Waals surface area (Å²) in [5, 5.41) is 25.0. The van der Waals surface area contributed by atoms with Gasteiger partial charge < -0.3 is 20.5 Å². The molecule has 0 bridgehead atoms. The second-order valence-electron chi connectivity index (χ2n) is 9.38. The Kier molecular flexibility index (Phi) is 12.4. The molecule has 3 aromatic rings. The summed E-state index contributed by atoms with van der Waals surface area (Å²) in [6.45, 7) is 5.23. The highest BCUT2D eigenvalue weighted by atomic mass is 19.4. The zero-order chi connectivity index (χ0) is 32.4. The normalized spacial score (nSPS) is 12.9. The number of H-pyrrole nitrogens is 2. The van der Waals surface area contributed by atoms with Crippen molar-refractivity contribution >= 4 is 11.9 Å². The number of benzene rings is 1. The summed E-state index contributed by atoms with van der Waals surface area (Å²) in [6, 6.07) is 10.4. The van der Waals surface area contributed by atoms with Crippen LogP contribution in [-0.2, 0) is 42.1 Å². The number of carbonyl (C=O) groups is 2. The minimum Gasteiger partial charge on any atom is -0.475 e. The van der Waals surface area contributed by atoms with Crippen molar-refractivity contribution in [2.45, 2.75) is 58.2 Å².